The van der Waals surface area contributed by atoms with Crippen molar-refractivity contribution >= 4 is 28.9 Å². The van der Waals surface area contributed by atoms with Gasteiger partial charge in [-0.25, -0.2) is 0 Å². The van der Waals surface area contributed by atoms with Crippen LogP contribution in [0, 0.1) is 24.0 Å². The molecule has 0 fully saturated rings. The van der Waals surface area contributed by atoms with Crippen molar-refractivity contribution in [1.29, 1.82) is 0 Å². The summed E-state index contributed by atoms with van der Waals surface area (Å²) in [5, 5.41) is 10.7. The first-order valence-corrected chi connectivity index (χ1v) is 4.30. The number of nitro benzene ring substituents is 1. The lowest BCUT2D eigenvalue weighted by Gasteiger charge is -2.04. The van der Waals surface area contributed by atoms with E-state index in [0.29, 0.717) is 5.56 Å². The summed E-state index contributed by atoms with van der Waals surface area (Å²) in [5.74, 6) is 0. The van der Waals surface area contributed by atoms with Crippen LogP contribution in [0.2, 0.25) is 10.0 Å². The number of nitrogens with zero attached hydrogens (tertiary/aromatic N) is 1. The lowest BCUT2D eigenvalue weighted by atomic mass is 10.1. The third kappa shape index (κ3) is 1.76. The predicted octanol–water partition coefficient (Wildman–Crippen LogP) is 3.52. The van der Waals surface area contributed by atoms with Crippen molar-refractivity contribution in [2.24, 2.45) is 0 Å². The highest BCUT2D eigenvalue weighted by atomic mass is 35.5. The number of nitro groups is 1. The van der Waals surface area contributed by atoms with Crippen LogP contribution in [0.1, 0.15) is 11.1 Å². The Kier molecular flexibility index (Phi) is 2.78. The molecule has 0 spiro atoms. The van der Waals surface area contributed by atoms with Gasteiger partial charge in [0.2, 0.25) is 0 Å². The van der Waals surface area contributed by atoms with Crippen molar-refractivity contribution in [1.82, 2.24) is 0 Å². The molecule has 70 valence electrons. The summed E-state index contributed by atoms with van der Waals surface area (Å²) in [5.41, 5.74) is 1.32. The molecule has 3 nitrogen and oxygen atoms in total. The van der Waals surface area contributed by atoms with Gasteiger partial charge in [0.1, 0.15) is 10.0 Å². The number of benzene rings is 1. The molecule has 0 aliphatic rings. The summed E-state index contributed by atoms with van der Waals surface area (Å²) in [4.78, 5) is 9.97. The lowest BCUT2D eigenvalue weighted by molar-refractivity contribution is -0.384. The van der Waals surface area contributed by atoms with Gasteiger partial charge in [-0.1, -0.05) is 23.2 Å². The fourth-order valence-electron chi connectivity index (χ4n) is 0.990. The van der Waals surface area contributed by atoms with Crippen molar-refractivity contribution in [2.45, 2.75) is 13.8 Å². The number of hydrogen-bond acceptors (Lipinski definition) is 2. The molecule has 0 unspecified atom stereocenters. The van der Waals surface area contributed by atoms with Gasteiger partial charge in [-0.2, -0.15) is 0 Å². The zero-order chi connectivity index (χ0) is 10.2. The van der Waals surface area contributed by atoms with E-state index in [-0.39, 0.29) is 15.7 Å². The highest BCUT2D eigenvalue weighted by Gasteiger charge is 2.20. The number of halogens is 2. The Morgan fingerprint density at radius 1 is 1.38 bits per heavy atom. The second-order valence-electron chi connectivity index (χ2n) is 2.72. The number of hydrogen-bond donors (Lipinski definition) is 0. The maximum absolute atomic E-state index is 10.5. The molecule has 0 heterocycles. The predicted molar refractivity (Wildman–Crippen MR) is 52.6 cm³/mol. The van der Waals surface area contributed by atoms with E-state index in [1.54, 1.807) is 19.9 Å². The third-order valence-electron chi connectivity index (χ3n) is 1.88. The lowest BCUT2D eigenvalue weighted by Crippen LogP contribution is -1.94. The summed E-state index contributed by atoms with van der Waals surface area (Å²) in [6.07, 6.45) is 0. The molecule has 13 heavy (non-hydrogen) atoms. The van der Waals surface area contributed by atoms with Gasteiger partial charge in [0.15, 0.2) is 0 Å². The Morgan fingerprint density at radius 2 is 1.92 bits per heavy atom. The van der Waals surface area contributed by atoms with Crippen LogP contribution in [0.4, 0.5) is 5.69 Å². The van der Waals surface area contributed by atoms with Crippen LogP contribution >= 0.6 is 23.2 Å². The number of rotatable bonds is 1. The van der Waals surface area contributed by atoms with Gasteiger partial charge < -0.3 is 0 Å². The number of aryl methyl sites for hydroxylation is 1. The molecule has 0 atom stereocenters. The minimum Gasteiger partial charge on any atom is -0.258 e. The second kappa shape index (κ2) is 3.52. The molecule has 0 aliphatic heterocycles. The summed E-state index contributed by atoms with van der Waals surface area (Å²) in [6.45, 7) is 3.53. The average Bonchev–Trinajstić information content (AvgIpc) is 1.99. The summed E-state index contributed by atoms with van der Waals surface area (Å²) >= 11 is 11.4. The fourth-order valence-corrected chi connectivity index (χ4v) is 1.68. The van der Waals surface area contributed by atoms with Crippen LogP contribution < -0.4 is 0 Å². The highest BCUT2D eigenvalue weighted by Crippen LogP contribution is 2.36. The molecule has 0 N–H and O–H groups in total. The van der Waals surface area contributed by atoms with Gasteiger partial charge in [0.25, 0.3) is 0 Å². The molecule has 1 aromatic rings. The monoisotopic (exact) mass is 219 g/mol. The summed E-state index contributed by atoms with van der Waals surface area (Å²) in [6, 6.07) is 1.54. The Morgan fingerprint density at radius 3 is 2.38 bits per heavy atom. The largest absolute Gasteiger partial charge is 0.306 e. The van der Waals surface area contributed by atoms with Crippen LogP contribution in [0.3, 0.4) is 0 Å². The topological polar surface area (TPSA) is 43.1 Å². The van der Waals surface area contributed by atoms with Crippen molar-refractivity contribution < 1.29 is 4.92 Å². The average molecular weight is 220 g/mol. The molecule has 1 rings (SSSR count). The Hall–Kier alpha value is -0.800. The molecule has 0 bridgehead atoms. The highest BCUT2D eigenvalue weighted by molar-refractivity contribution is 6.38. The summed E-state index contributed by atoms with van der Waals surface area (Å²) < 4.78 is 0. The van der Waals surface area contributed by atoms with E-state index in [9.17, 15) is 10.1 Å². The van der Waals surface area contributed by atoms with E-state index in [4.69, 9.17) is 23.2 Å². The summed E-state index contributed by atoms with van der Waals surface area (Å²) in [7, 11) is 0. The Bertz CT molecular complexity index is 377. The first kappa shape index (κ1) is 10.3. The quantitative estimate of drug-likeness (QED) is 0.536. The second-order valence-corrected chi connectivity index (χ2v) is 3.51. The van der Waals surface area contributed by atoms with Crippen LogP contribution in [-0.4, -0.2) is 4.92 Å². The van der Waals surface area contributed by atoms with Crippen LogP contribution in [0.25, 0.3) is 0 Å². The van der Waals surface area contributed by atoms with Gasteiger partial charge in [-0.15, -0.1) is 0 Å². The molecular weight excluding hydrogens is 213 g/mol. The van der Waals surface area contributed by atoms with Gasteiger partial charge in [-0.05, 0) is 31.0 Å². The molecule has 0 aromatic heterocycles. The molecular formula is C8H7Cl2NO2. The SMILES string of the molecule is Cc1cc(Cl)c([N+](=O)[O-])c(Cl)c1C. The zero-order valence-electron chi connectivity index (χ0n) is 7.10. The maximum atomic E-state index is 10.5. The van der Waals surface area contributed by atoms with Crippen LogP contribution in [0.15, 0.2) is 6.07 Å². The third-order valence-corrected chi connectivity index (χ3v) is 2.63. The van der Waals surface area contributed by atoms with Gasteiger partial charge in [0, 0.05) is 0 Å². The van der Waals surface area contributed by atoms with Crippen molar-refractivity contribution in [2.75, 3.05) is 0 Å². The van der Waals surface area contributed by atoms with E-state index in [2.05, 4.69) is 0 Å². The maximum Gasteiger partial charge on any atom is 0.306 e. The Balaban J connectivity index is 3.53. The fraction of sp³-hybridized carbons (Fsp3) is 0.250. The van der Waals surface area contributed by atoms with Gasteiger partial charge in [0.05, 0.1) is 4.92 Å². The minimum absolute atomic E-state index is 0.0816. The van der Waals surface area contributed by atoms with Gasteiger partial charge >= 0.3 is 5.69 Å². The van der Waals surface area contributed by atoms with E-state index in [0.717, 1.165) is 5.56 Å². The van der Waals surface area contributed by atoms with Crippen molar-refractivity contribution in [3.05, 3.63) is 37.4 Å². The van der Waals surface area contributed by atoms with Gasteiger partial charge in [-0.3, -0.25) is 10.1 Å². The van der Waals surface area contributed by atoms with Crippen LogP contribution in [0.5, 0.6) is 0 Å². The van der Waals surface area contributed by atoms with Crippen molar-refractivity contribution in [3.63, 3.8) is 0 Å². The minimum atomic E-state index is -0.572. The van der Waals surface area contributed by atoms with Crippen molar-refractivity contribution in [3.8, 4) is 0 Å². The van der Waals surface area contributed by atoms with E-state index < -0.39 is 4.92 Å². The normalized spacial score (nSPS) is 10.2. The zero-order valence-corrected chi connectivity index (χ0v) is 8.61. The molecule has 0 amide bonds. The Labute approximate surface area is 85.4 Å². The first-order valence-electron chi connectivity index (χ1n) is 3.54. The van der Waals surface area contributed by atoms with E-state index >= 15 is 0 Å². The molecule has 0 aliphatic carbocycles. The van der Waals surface area contributed by atoms with E-state index in [1.165, 1.54) is 0 Å². The molecule has 0 saturated carbocycles. The molecule has 0 saturated heterocycles. The van der Waals surface area contributed by atoms with E-state index in [1.807, 2.05) is 0 Å². The molecule has 1 aromatic carbocycles. The molecule has 0 radical (unpaired) electrons. The van der Waals surface area contributed by atoms with Crippen LogP contribution in [-0.2, 0) is 0 Å². The molecule has 5 heteroatoms. The first-order chi connectivity index (χ1) is 5.95. The standard InChI is InChI=1S/C8H7Cl2NO2/c1-4-3-6(9)8(11(12)13)7(10)5(4)2/h3H,1-2H3. The smallest absolute Gasteiger partial charge is 0.258 e.